The number of aryl methyl sites for hydroxylation is 1. The molecule has 1 heterocycles. The minimum atomic E-state index is 0.302. The van der Waals surface area contributed by atoms with Gasteiger partial charge in [0.15, 0.2) is 0 Å². The standard InChI is InChI=1S/C15H15N3OS/c1-2-14-17-18-15(20-14)16-9-12-11-6-4-3-5-10(11)7-8-13(12)19/h3-8,19H,2,9H2,1H3,(H,16,18). The Kier molecular flexibility index (Phi) is 3.52. The molecular formula is C15H15N3OS. The van der Waals surface area contributed by atoms with Crippen molar-refractivity contribution in [2.45, 2.75) is 19.9 Å². The Balaban J connectivity index is 1.88. The molecule has 0 saturated heterocycles. The molecule has 2 aromatic carbocycles. The lowest BCUT2D eigenvalue weighted by Crippen LogP contribution is -2.00. The van der Waals surface area contributed by atoms with Crippen molar-refractivity contribution in [3.05, 3.63) is 47.0 Å². The lowest BCUT2D eigenvalue weighted by molar-refractivity contribution is 0.470. The van der Waals surface area contributed by atoms with Crippen molar-refractivity contribution in [2.75, 3.05) is 5.32 Å². The first-order chi connectivity index (χ1) is 9.78. The first-order valence-electron chi connectivity index (χ1n) is 6.53. The number of hydrogen-bond donors (Lipinski definition) is 2. The highest BCUT2D eigenvalue weighted by Gasteiger charge is 2.08. The third-order valence-corrected chi connectivity index (χ3v) is 4.23. The van der Waals surface area contributed by atoms with Crippen LogP contribution in [0.5, 0.6) is 5.75 Å². The molecule has 2 N–H and O–H groups in total. The van der Waals surface area contributed by atoms with Gasteiger partial charge in [0.1, 0.15) is 10.8 Å². The number of anilines is 1. The molecule has 3 aromatic rings. The van der Waals surface area contributed by atoms with E-state index in [-0.39, 0.29) is 0 Å². The number of aromatic hydroxyl groups is 1. The van der Waals surface area contributed by atoms with Crippen molar-refractivity contribution in [1.29, 1.82) is 0 Å². The fraction of sp³-hybridized carbons (Fsp3) is 0.200. The second-order valence-electron chi connectivity index (χ2n) is 4.49. The van der Waals surface area contributed by atoms with Gasteiger partial charge in [-0.25, -0.2) is 0 Å². The van der Waals surface area contributed by atoms with Crippen LogP contribution in [-0.4, -0.2) is 15.3 Å². The van der Waals surface area contributed by atoms with Crippen molar-refractivity contribution in [3.8, 4) is 5.75 Å². The number of rotatable bonds is 4. The molecule has 1 aromatic heterocycles. The van der Waals surface area contributed by atoms with Gasteiger partial charge in [-0.05, 0) is 23.3 Å². The smallest absolute Gasteiger partial charge is 0.205 e. The maximum absolute atomic E-state index is 10.1. The van der Waals surface area contributed by atoms with Crippen molar-refractivity contribution >= 4 is 27.2 Å². The maximum atomic E-state index is 10.1. The van der Waals surface area contributed by atoms with Gasteiger partial charge in [0.05, 0.1) is 0 Å². The van der Waals surface area contributed by atoms with Gasteiger partial charge in [0, 0.05) is 12.1 Å². The molecular weight excluding hydrogens is 270 g/mol. The third kappa shape index (κ3) is 2.44. The molecule has 102 valence electrons. The zero-order chi connectivity index (χ0) is 13.9. The number of nitrogens with zero attached hydrogens (tertiary/aromatic N) is 2. The summed E-state index contributed by atoms with van der Waals surface area (Å²) >= 11 is 1.55. The van der Waals surface area contributed by atoms with Crippen LogP contribution >= 0.6 is 11.3 Å². The molecule has 20 heavy (non-hydrogen) atoms. The molecule has 0 spiro atoms. The van der Waals surface area contributed by atoms with Crippen LogP contribution in [-0.2, 0) is 13.0 Å². The molecule has 0 saturated carbocycles. The van der Waals surface area contributed by atoms with E-state index in [2.05, 4.69) is 22.4 Å². The average Bonchev–Trinajstić information content (AvgIpc) is 2.94. The molecule has 0 atom stereocenters. The highest BCUT2D eigenvalue weighted by Crippen LogP contribution is 2.28. The monoisotopic (exact) mass is 285 g/mol. The van der Waals surface area contributed by atoms with E-state index < -0.39 is 0 Å². The van der Waals surface area contributed by atoms with Crippen LogP contribution in [0.2, 0.25) is 0 Å². The zero-order valence-electron chi connectivity index (χ0n) is 11.1. The molecule has 0 amide bonds. The molecule has 0 fully saturated rings. The van der Waals surface area contributed by atoms with Crippen LogP contribution in [0, 0.1) is 0 Å². The van der Waals surface area contributed by atoms with Crippen LogP contribution < -0.4 is 5.32 Å². The first kappa shape index (κ1) is 12.9. The van der Waals surface area contributed by atoms with E-state index in [9.17, 15) is 5.11 Å². The molecule has 0 radical (unpaired) electrons. The summed E-state index contributed by atoms with van der Waals surface area (Å²) in [4.78, 5) is 0. The molecule has 0 aliphatic heterocycles. The zero-order valence-corrected chi connectivity index (χ0v) is 11.9. The predicted molar refractivity (Wildman–Crippen MR) is 82.2 cm³/mol. The summed E-state index contributed by atoms with van der Waals surface area (Å²) in [5.74, 6) is 0.302. The van der Waals surface area contributed by atoms with Crippen LogP contribution in [0.3, 0.4) is 0 Å². The summed E-state index contributed by atoms with van der Waals surface area (Å²) in [6.07, 6.45) is 0.888. The SMILES string of the molecule is CCc1nnc(NCc2c(O)ccc3ccccc23)s1. The average molecular weight is 285 g/mol. The summed E-state index contributed by atoms with van der Waals surface area (Å²) in [6, 6.07) is 11.7. The lowest BCUT2D eigenvalue weighted by Gasteiger charge is -2.09. The lowest BCUT2D eigenvalue weighted by atomic mass is 10.0. The van der Waals surface area contributed by atoms with E-state index in [1.165, 1.54) is 0 Å². The molecule has 0 aliphatic rings. The Morgan fingerprint density at radius 3 is 2.80 bits per heavy atom. The van der Waals surface area contributed by atoms with Crippen molar-refractivity contribution in [3.63, 3.8) is 0 Å². The predicted octanol–water partition coefficient (Wildman–Crippen LogP) is 3.57. The van der Waals surface area contributed by atoms with Crippen LogP contribution in [0.25, 0.3) is 10.8 Å². The Hall–Kier alpha value is -2.14. The highest BCUT2D eigenvalue weighted by molar-refractivity contribution is 7.15. The molecule has 0 aliphatic carbocycles. The Bertz CT molecular complexity index is 739. The maximum Gasteiger partial charge on any atom is 0.205 e. The Morgan fingerprint density at radius 2 is 2.00 bits per heavy atom. The van der Waals surface area contributed by atoms with E-state index in [0.29, 0.717) is 12.3 Å². The van der Waals surface area contributed by atoms with Gasteiger partial charge >= 0.3 is 0 Å². The van der Waals surface area contributed by atoms with Crippen LogP contribution in [0.1, 0.15) is 17.5 Å². The van der Waals surface area contributed by atoms with Gasteiger partial charge < -0.3 is 10.4 Å². The summed E-state index contributed by atoms with van der Waals surface area (Å²) < 4.78 is 0. The normalized spacial score (nSPS) is 10.8. The van der Waals surface area contributed by atoms with E-state index in [1.807, 2.05) is 30.3 Å². The largest absolute Gasteiger partial charge is 0.508 e. The second kappa shape index (κ2) is 5.46. The number of aromatic nitrogens is 2. The molecule has 0 unspecified atom stereocenters. The molecule has 3 rings (SSSR count). The molecule has 4 nitrogen and oxygen atoms in total. The summed E-state index contributed by atoms with van der Waals surface area (Å²) in [6.45, 7) is 2.59. The van der Waals surface area contributed by atoms with Crippen LogP contribution in [0.4, 0.5) is 5.13 Å². The number of phenolic OH excluding ortho intramolecular Hbond substituents is 1. The van der Waals surface area contributed by atoms with Crippen molar-refractivity contribution in [2.24, 2.45) is 0 Å². The van der Waals surface area contributed by atoms with Crippen molar-refractivity contribution < 1.29 is 5.11 Å². The topological polar surface area (TPSA) is 58.0 Å². The Morgan fingerprint density at radius 1 is 1.15 bits per heavy atom. The van der Waals surface area contributed by atoms with E-state index >= 15 is 0 Å². The number of nitrogens with one attached hydrogen (secondary N) is 1. The fourth-order valence-corrected chi connectivity index (χ4v) is 2.82. The molecule has 5 heteroatoms. The van der Waals surface area contributed by atoms with Crippen molar-refractivity contribution in [1.82, 2.24) is 10.2 Å². The van der Waals surface area contributed by atoms with Gasteiger partial charge in [-0.1, -0.05) is 48.6 Å². The Labute approximate surface area is 121 Å². The first-order valence-corrected chi connectivity index (χ1v) is 7.35. The van der Waals surface area contributed by atoms with Gasteiger partial charge in [-0.2, -0.15) is 0 Å². The van der Waals surface area contributed by atoms with Crippen LogP contribution in [0.15, 0.2) is 36.4 Å². The number of fused-ring (bicyclic) bond motifs is 1. The van der Waals surface area contributed by atoms with Gasteiger partial charge in [0.25, 0.3) is 0 Å². The fourth-order valence-electron chi connectivity index (χ4n) is 2.14. The second-order valence-corrected chi connectivity index (χ2v) is 5.55. The molecule has 0 bridgehead atoms. The van der Waals surface area contributed by atoms with Gasteiger partial charge in [-0.15, -0.1) is 10.2 Å². The quantitative estimate of drug-likeness (QED) is 0.769. The minimum absolute atomic E-state index is 0.302. The van der Waals surface area contributed by atoms with E-state index in [1.54, 1.807) is 17.4 Å². The van der Waals surface area contributed by atoms with E-state index in [4.69, 9.17) is 0 Å². The van der Waals surface area contributed by atoms with Gasteiger partial charge in [-0.3, -0.25) is 0 Å². The third-order valence-electron chi connectivity index (χ3n) is 3.20. The summed E-state index contributed by atoms with van der Waals surface area (Å²) in [5.41, 5.74) is 0.886. The summed E-state index contributed by atoms with van der Waals surface area (Å²) in [7, 11) is 0. The minimum Gasteiger partial charge on any atom is -0.508 e. The number of hydrogen-bond acceptors (Lipinski definition) is 5. The van der Waals surface area contributed by atoms with Gasteiger partial charge in [0.2, 0.25) is 5.13 Å². The summed E-state index contributed by atoms with van der Waals surface area (Å²) in [5, 5.41) is 25.4. The number of benzene rings is 2. The highest BCUT2D eigenvalue weighted by atomic mass is 32.1. The number of phenols is 1. The van der Waals surface area contributed by atoms with E-state index in [0.717, 1.165) is 32.9 Å².